The fourth-order valence-electron chi connectivity index (χ4n) is 0.817. The number of rotatable bonds is 2. The van der Waals surface area contributed by atoms with E-state index in [-0.39, 0.29) is 24.1 Å². The minimum absolute atomic E-state index is 0.0220. The van der Waals surface area contributed by atoms with Gasteiger partial charge in [0.05, 0.1) is 5.60 Å². The SMILES string of the molecule is CC(C)(C)OCN1C(=O)C=CC1=O. The first kappa shape index (κ1) is 9.92. The summed E-state index contributed by atoms with van der Waals surface area (Å²) in [6.45, 7) is 5.62. The van der Waals surface area contributed by atoms with Crippen LogP contribution in [0.4, 0.5) is 0 Å². The summed E-state index contributed by atoms with van der Waals surface area (Å²) >= 11 is 0. The molecule has 13 heavy (non-hydrogen) atoms. The number of carbonyl (C=O) groups excluding carboxylic acids is 2. The van der Waals surface area contributed by atoms with Gasteiger partial charge in [0.2, 0.25) is 0 Å². The van der Waals surface area contributed by atoms with Gasteiger partial charge in [-0.25, -0.2) is 0 Å². The number of hydrogen-bond acceptors (Lipinski definition) is 3. The molecule has 0 saturated heterocycles. The maximum absolute atomic E-state index is 11.0. The van der Waals surface area contributed by atoms with Gasteiger partial charge >= 0.3 is 0 Å². The standard InChI is InChI=1S/C9H13NO3/c1-9(2,3)13-6-10-7(11)4-5-8(10)12/h4-5H,6H2,1-3H3. The molecule has 72 valence electrons. The lowest BCUT2D eigenvalue weighted by Gasteiger charge is -2.23. The third-order valence-corrected chi connectivity index (χ3v) is 1.53. The van der Waals surface area contributed by atoms with Crippen LogP contribution in [0.2, 0.25) is 0 Å². The molecule has 0 aromatic rings. The van der Waals surface area contributed by atoms with Gasteiger partial charge in [0.1, 0.15) is 6.73 Å². The van der Waals surface area contributed by atoms with E-state index in [2.05, 4.69) is 0 Å². The molecule has 1 rings (SSSR count). The van der Waals surface area contributed by atoms with Crippen molar-refractivity contribution < 1.29 is 14.3 Å². The highest BCUT2D eigenvalue weighted by atomic mass is 16.5. The lowest BCUT2D eigenvalue weighted by Crippen LogP contribution is -2.36. The molecular weight excluding hydrogens is 170 g/mol. The van der Waals surface area contributed by atoms with E-state index in [0.29, 0.717) is 0 Å². The molecule has 0 aromatic carbocycles. The highest BCUT2D eigenvalue weighted by molar-refractivity contribution is 6.12. The second-order valence-electron chi connectivity index (χ2n) is 3.82. The van der Waals surface area contributed by atoms with Crippen LogP contribution in [0.3, 0.4) is 0 Å². The van der Waals surface area contributed by atoms with Crippen molar-refractivity contribution in [3.63, 3.8) is 0 Å². The molecule has 0 saturated carbocycles. The van der Waals surface area contributed by atoms with Crippen LogP contribution in [0.1, 0.15) is 20.8 Å². The molecule has 0 atom stereocenters. The van der Waals surface area contributed by atoms with E-state index < -0.39 is 0 Å². The van der Waals surface area contributed by atoms with Gasteiger partial charge in [-0.15, -0.1) is 0 Å². The summed E-state index contributed by atoms with van der Waals surface area (Å²) in [5.41, 5.74) is -0.344. The molecule has 0 spiro atoms. The monoisotopic (exact) mass is 183 g/mol. The summed E-state index contributed by atoms with van der Waals surface area (Å²) in [7, 11) is 0. The average Bonchev–Trinajstić information content (AvgIpc) is 2.27. The minimum atomic E-state index is -0.344. The normalized spacial score (nSPS) is 17.3. The Morgan fingerprint density at radius 1 is 1.23 bits per heavy atom. The molecule has 2 amide bonds. The molecule has 0 bridgehead atoms. The van der Waals surface area contributed by atoms with Crippen molar-refractivity contribution in [2.45, 2.75) is 26.4 Å². The molecule has 4 heteroatoms. The number of hydrogen-bond donors (Lipinski definition) is 0. The molecule has 0 N–H and O–H groups in total. The predicted molar refractivity (Wildman–Crippen MR) is 46.7 cm³/mol. The first-order chi connectivity index (χ1) is 5.90. The second-order valence-corrected chi connectivity index (χ2v) is 3.82. The maximum atomic E-state index is 11.0. The van der Waals surface area contributed by atoms with Crippen LogP contribution in [0.15, 0.2) is 12.2 Å². The summed E-state index contributed by atoms with van der Waals surface area (Å²) in [4.78, 5) is 23.1. The van der Waals surface area contributed by atoms with Crippen LogP contribution in [0.25, 0.3) is 0 Å². The van der Waals surface area contributed by atoms with Crippen molar-refractivity contribution >= 4 is 11.8 Å². The molecule has 4 nitrogen and oxygen atoms in total. The summed E-state index contributed by atoms with van der Waals surface area (Å²) in [6, 6.07) is 0. The first-order valence-corrected chi connectivity index (χ1v) is 4.08. The third-order valence-electron chi connectivity index (χ3n) is 1.53. The van der Waals surface area contributed by atoms with Crippen molar-refractivity contribution in [2.24, 2.45) is 0 Å². The van der Waals surface area contributed by atoms with Crippen LogP contribution in [0.5, 0.6) is 0 Å². The first-order valence-electron chi connectivity index (χ1n) is 4.08. The Morgan fingerprint density at radius 3 is 2.08 bits per heavy atom. The van der Waals surface area contributed by atoms with E-state index in [0.717, 1.165) is 4.90 Å². The van der Waals surface area contributed by atoms with Crippen LogP contribution in [-0.4, -0.2) is 29.0 Å². The van der Waals surface area contributed by atoms with E-state index in [9.17, 15) is 9.59 Å². The third kappa shape index (κ3) is 2.66. The number of imide groups is 1. The Balaban J connectivity index is 2.47. The summed E-state index contributed by atoms with van der Waals surface area (Å²) in [5.74, 6) is -0.622. The van der Waals surface area contributed by atoms with Crippen LogP contribution < -0.4 is 0 Å². The van der Waals surface area contributed by atoms with Gasteiger partial charge in [0, 0.05) is 12.2 Å². The molecule has 1 heterocycles. The van der Waals surface area contributed by atoms with Crippen molar-refractivity contribution in [1.29, 1.82) is 0 Å². The van der Waals surface area contributed by atoms with Crippen LogP contribution >= 0.6 is 0 Å². The second kappa shape index (κ2) is 3.30. The van der Waals surface area contributed by atoms with E-state index in [1.54, 1.807) is 0 Å². The number of amides is 2. The summed E-state index contributed by atoms with van der Waals surface area (Å²) < 4.78 is 5.30. The lowest BCUT2D eigenvalue weighted by atomic mass is 10.2. The molecule has 0 radical (unpaired) electrons. The fraction of sp³-hybridized carbons (Fsp3) is 0.556. The molecule has 0 unspecified atom stereocenters. The molecule has 1 aliphatic rings. The Bertz CT molecular complexity index is 245. The number of nitrogens with zero attached hydrogens (tertiary/aromatic N) is 1. The van der Waals surface area contributed by atoms with Gasteiger partial charge in [0.25, 0.3) is 11.8 Å². The van der Waals surface area contributed by atoms with Gasteiger partial charge in [-0.3, -0.25) is 14.5 Å². The lowest BCUT2D eigenvalue weighted by molar-refractivity contribution is -0.148. The summed E-state index contributed by atoms with van der Waals surface area (Å²) in [5, 5.41) is 0. The number of carbonyl (C=O) groups is 2. The quantitative estimate of drug-likeness (QED) is 0.591. The Morgan fingerprint density at radius 2 is 1.69 bits per heavy atom. The van der Waals surface area contributed by atoms with Gasteiger partial charge < -0.3 is 4.74 Å². The Labute approximate surface area is 77.2 Å². The smallest absolute Gasteiger partial charge is 0.255 e. The molecule has 0 aromatic heterocycles. The van der Waals surface area contributed by atoms with Gasteiger partial charge in [0.15, 0.2) is 0 Å². The zero-order valence-electron chi connectivity index (χ0n) is 8.03. The van der Waals surface area contributed by atoms with Gasteiger partial charge in [-0.05, 0) is 20.8 Å². The maximum Gasteiger partial charge on any atom is 0.255 e. The van der Waals surface area contributed by atoms with E-state index in [4.69, 9.17) is 4.74 Å². The van der Waals surface area contributed by atoms with Gasteiger partial charge in [-0.2, -0.15) is 0 Å². The topological polar surface area (TPSA) is 46.6 Å². The predicted octanol–water partition coefficient (Wildman–Crippen LogP) is 0.684. The molecule has 0 aliphatic carbocycles. The van der Waals surface area contributed by atoms with Crippen molar-refractivity contribution in [3.8, 4) is 0 Å². The van der Waals surface area contributed by atoms with Gasteiger partial charge in [-0.1, -0.05) is 0 Å². The van der Waals surface area contributed by atoms with Crippen LogP contribution in [0, 0.1) is 0 Å². The highest BCUT2D eigenvalue weighted by Crippen LogP contribution is 2.10. The van der Waals surface area contributed by atoms with Crippen molar-refractivity contribution in [1.82, 2.24) is 4.90 Å². The zero-order valence-corrected chi connectivity index (χ0v) is 8.03. The molecule has 1 aliphatic heterocycles. The number of ether oxygens (including phenoxy) is 1. The van der Waals surface area contributed by atoms with E-state index in [1.807, 2.05) is 20.8 Å². The van der Waals surface area contributed by atoms with Crippen LogP contribution in [-0.2, 0) is 14.3 Å². The Hall–Kier alpha value is -1.16. The fourth-order valence-corrected chi connectivity index (χ4v) is 0.817. The minimum Gasteiger partial charge on any atom is -0.355 e. The zero-order chi connectivity index (χ0) is 10.1. The van der Waals surface area contributed by atoms with E-state index in [1.165, 1.54) is 12.2 Å². The highest BCUT2D eigenvalue weighted by Gasteiger charge is 2.24. The Kier molecular flexibility index (Phi) is 2.52. The van der Waals surface area contributed by atoms with E-state index >= 15 is 0 Å². The molecular formula is C9H13NO3. The van der Waals surface area contributed by atoms with Crippen molar-refractivity contribution in [2.75, 3.05) is 6.73 Å². The largest absolute Gasteiger partial charge is 0.355 e. The van der Waals surface area contributed by atoms with Crippen molar-refractivity contribution in [3.05, 3.63) is 12.2 Å². The molecule has 0 fully saturated rings. The summed E-state index contributed by atoms with van der Waals surface area (Å²) in [6.07, 6.45) is 2.49. The average molecular weight is 183 g/mol.